The van der Waals surface area contributed by atoms with E-state index in [9.17, 15) is 38.4 Å². The fraction of sp³-hybridized carbons (Fsp3) is 0.0870. The number of nitrogens with zero attached hydrogens (tertiary/aromatic N) is 4. The van der Waals surface area contributed by atoms with Crippen LogP contribution < -0.4 is 50.8 Å². The van der Waals surface area contributed by atoms with E-state index in [1.54, 1.807) is 48.7 Å². The summed E-state index contributed by atoms with van der Waals surface area (Å²) in [5.41, 5.74) is 0.766. The third-order valence-corrected chi connectivity index (χ3v) is 25.7. The van der Waals surface area contributed by atoms with Gasteiger partial charge < -0.3 is 13.9 Å². The number of aromatic nitrogens is 4. The van der Waals surface area contributed by atoms with Crippen molar-refractivity contribution in [3.8, 4) is 50.9 Å². The molecular formula is C92H74N4OPtSi2-2. The Morgan fingerprint density at radius 3 is 1.51 bits per heavy atom. The Morgan fingerprint density at radius 1 is 0.420 bits per heavy atom. The molecule has 0 radical (unpaired) electrons. The fourth-order valence-electron chi connectivity index (χ4n) is 12.8. The van der Waals surface area contributed by atoms with Gasteiger partial charge in [0.05, 0.1) is 63.3 Å². The Kier molecular flexibility index (Phi) is 9.88. The summed E-state index contributed by atoms with van der Waals surface area (Å²) < 4.78 is 340. The Balaban J connectivity index is 0.0000137. The summed E-state index contributed by atoms with van der Waals surface area (Å²) in [7, 11) is -12.6. The first-order valence-electron chi connectivity index (χ1n) is 48.4. The normalized spacial score (nSPS) is 16.8. The van der Waals surface area contributed by atoms with E-state index in [4.69, 9.17) is 17.9 Å². The van der Waals surface area contributed by atoms with Crippen molar-refractivity contribution in [2.45, 2.75) is 52.4 Å². The Morgan fingerprint density at radius 2 is 0.930 bits per heavy atom. The summed E-state index contributed by atoms with van der Waals surface area (Å²) in [5, 5.41) is -5.82. The maximum atomic E-state index is 11.2. The van der Waals surface area contributed by atoms with Gasteiger partial charge >= 0.3 is 0 Å². The summed E-state index contributed by atoms with van der Waals surface area (Å²) >= 11 is 0. The zero-order valence-electron chi connectivity index (χ0n) is 88.2. The minimum atomic E-state index is -6.56. The zero-order valence-corrected chi connectivity index (χ0v) is 58.5. The van der Waals surface area contributed by atoms with E-state index < -0.39 is 274 Å². The second-order valence-electron chi connectivity index (χ2n) is 25.3. The largest absolute Gasteiger partial charge is 0.510 e. The van der Waals surface area contributed by atoms with E-state index in [1.165, 1.54) is 45.5 Å². The van der Waals surface area contributed by atoms with E-state index in [0.29, 0.717) is 22.5 Å². The summed E-state index contributed by atoms with van der Waals surface area (Å²) in [5.74, 6) is 0.638. The average Bonchev–Trinajstić information content (AvgIpc) is 0.891. The van der Waals surface area contributed by atoms with Gasteiger partial charge in [-0.3, -0.25) is 4.57 Å². The molecule has 5 nitrogen and oxygen atoms in total. The summed E-state index contributed by atoms with van der Waals surface area (Å²) in [6.45, 7) is 12.0. The number of pyridine rings is 1. The number of benzene rings is 13. The molecule has 0 aliphatic rings. The Labute approximate surface area is 651 Å². The number of hydrogen-bond acceptors (Lipinski definition) is 2. The predicted molar refractivity (Wildman–Crippen MR) is 415 cm³/mol. The predicted octanol–water partition coefficient (Wildman–Crippen LogP) is 16.3. The molecule has 0 saturated heterocycles. The molecule has 3 aromatic heterocycles. The topological polar surface area (TPSA) is 35.9 Å². The van der Waals surface area contributed by atoms with Crippen LogP contribution in [0.2, 0.25) is 0 Å². The van der Waals surface area contributed by atoms with Crippen molar-refractivity contribution in [1.82, 2.24) is 14.1 Å². The third kappa shape index (κ3) is 11.6. The van der Waals surface area contributed by atoms with Gasteiger partial charge in [-0.15, -0.1) is 29.7 Å². The molecule has 13 aromatic carbocycles. The fourth-order valence-corrected chi connectivity index (χ4v) is 20.2. The minimum absolute atomic E-state index is 0. The molecule has 100 heavy (non-hydrogen) atoms. The molecule has 0 atom stereocenters. The first-order chi connectivity index (χ1) is 62.4. The van der Waals surface area contributed by atoms with Gasteiger partial charge in [0, 0.05) is 44.3 Å². The molecule has 0 unspecified atom stereocenters. The first-order valence-corrected chi connectivity index (χ1v) is 35.4. The Hall–Kier alpha value is -10.8. The molecule has 0 bridgehead atoms. The molecule has 0 aliphatic carbocycles. The van der Waals surface area contributed by atoms with Gasteiger partial charge in [0.15, 0.2) is 16.1 Å². The van der Waals surface area contributed by atoms with Crippen LogP contribution in [0, 0.1) is 18.5 Å². The maximum Gasteiger partial charge on any atom is 0.268 e. The average molecular weight is 1540 g/mol. The van der Waals surface area contributed by atoms with E-state index in [-0.39, 0.29) is 71.5 Å². The smallest absolute Gasteiger partial charge is 0.268 e. The maximum absolute atomic E-state index is 11.2. The summed E-state index contributed by atoms with van der Waals surface area (Å²) in [6.07, 6.45) is 5.15. The molecule has 0 fully saturated rings. The second kappa shape index (κ2) is 26.8. The SMILES string of the molecule is [2H]c1c([2H])c([2H])c([Si](c2ccc3c(c2)n(-c2[c-]c(Oc4[c-]c5c(cc4)c4ccccc4n5-c4cc(C(C)(C)C)ccn4)ccc2)[c-][n+]3-c2c(-c3cccc(C(C)(C)C)c3)cccc2-c2c([2H])c([2H])c([2H])c([Si](c3c([2H])c([2H])c([2H])c([2H])c3[2H])(c3c([2H])c([2H])c([2H])c([2H])c3[2H])c3c([2H])c([2H])c([2H])c([2H])c3[2H])c2[2H])(c2c([2H])c([2H])c([2H])c([2H])c2[2H])c2c([2H])c([2H])c([2H])c([2H])c2[2H])c([2H])c1[2H].[Pt]. The number of ether oxygens (including phenoxy) is 1. The molecule has 488 valence electrons. The quantitative estimate of drug-likeness (QED) is 0.0444. The molecule has 0 N–H and O–H groups in total. The van der Waals surface area contributed by atoms with Crippen LogP contribution in [0.25, 0.3) is 72.3 Å². The van der Waals surface area contributed by atoms with Crippen molar-refractivity contribution in [1.29, 1.82) is 0 Å². The van der Waals surface area contributed by atoms with Crippen molar-refractivity contribution in [2.24, 2.45) is 0 Å². The van der Waals surface area contributed by atoms with Crippen LogP contribution in [0.3, 0.4) is 0 Å². The summed E-state index contributed by atoms with van der Waals surface area (Å²) in [4.78, 5) is 4.84. The molecule has 0 saturated carbocycles. The zero-order chi connectivity index (χ0) is 96.9. The van der Waals surface area contributed by atoms with Crippen molar-refractivity contribution in [3.63, 3.8) is 0 Å². The number of fused-ring (bicyclic) bond motifs is 4. The van der Waals surface area contributed by atoms with E-state index in [1.807, 2.05) is 73.9 Å². The molecule has 8 heteroatoms. The second-order valence-corrected chi connectivity index (χ2v) is 32.4. The van der Waals surface area contributed by atoms with Crippen LogP contribution in [0.1, 0.15) is 99.3 Å². The number of imidazole rings is 1. The third-order valence-electron chi connectivity index (χ3n) is 17.5. The van der Waals surface area contributed by atoms with Crippen LogP contribution >= 0.6 is 0 Å². The van der Waals surface area contributed by atoms with Crippen molar-refractivity contribution >= 4 is 90.5 Å². The molecule has 0 amide bonds. The number of hydrogen-bond donors (Lipinski definition) is 0. The van der Waals surface area contributed by atoms with E-state index in [2.05, 4.69) is 39.2 Å². The molecule has 0 spiro atoms. The van der Waals surface area contributed by atoms with Crippen molar-refractivity contribution in [2.75, 3.05) is 0 Å². The molecular weight excluding hydrogens is 1430 g/mol. The van der Waals surface area contributed by atoms with Gasteiger partial charge in [0.2, 0.25) is 0 Å². The van der Waals surface area contributed by atoms with Crippen molar-refractivity contribution in [3.05, 3.63) is 369 Å². The van der Waals surface area contributed by atoms with Gasteiger partial charge in [0.25, 0.3) is 6.33 Å². The first kappa shape index (κ1) is 36.9. The van der Waals surface area contributed by atoms with Crippen LogP contribution in [0.15, 0.2) is 339 Å². The van der Waals surface area contributed by atoms with Crippen LogP contribution in [0.4, 0.5) is 0 Å². The molecule has 3 heterocycles. The van der Waals surface area contributed by atoms with Gasteiger partial charge in [-0.05, 0) is 115 Å². The molecule has 16 rings (SSSR count). The minimum Gasteiger partial charge on any atom is -0.510 e. The molecule has 16 aromatic rings. The molecule has 0 aliphatic heterocycles. The van der Waals surface area contributed by atoms with Gasteiger partial charge in [-0.25, -0.2) is 4.98 Å². The number of rotatable bonds is 15. The van der Waals surface area contributed by atoms with E-state index >= 15 is 0 Å². The van der Waals surface area contributed by atoms with Gasteiger partial charge in [-0.1, -0.05) is 331 Å². The Bertz CT molecular complexity index is 7290. The van der Waals surface area contributed by atoms with Gasteiger partial charge in [0.1, 0.15) is 5.82 Å². The van der Waals surface area contributed by atoms with Crippen LogP contribution in [-0.4, -0.2) is 30.3 Å². The van der Waals surface area contributed by atoms with E-state index in [0.717, 1.165) is 21.9 Å². The summed E-state index contributed by atoms with van der Waals surface area (Å²) in [6, 6.07) is 3.23. The monoisotopic (exact) mass is 1540 g/mol. The van der Waals surface area contributed by atoms with Gasteiger partial charge in [-0.2, -0.15) is 18.2 Å². The van der Waals surface area contributed by atoms with Crippen LogP contribution in [-0.2, 0) is 31.9 Å². The van der Waals surface area contributed by atoms with Crippen molar-refractivity contribution < 1.29 is 77.0 Å². The standard InChI is InChI=1S/C92H74N4OSi2.Pt/c1-91(2,3)68-33-27-31-66(59-68)81-50-30-51-82(67-32-28-48-79(60-67)98(73-36-13-7-14-37-73,74-38-15-8-16-39-74)75-40-17-9-18-41-75)90(81)95-65-94(88-64-80(54-56-86(88)95)99(76-42-19-10-20-43-76,77-44-21-11-22-45-77)78-46-23-12-24-47-78)70-34-29-35-71(62-70)97-72-53-55-84-83-49-25-26-52-85(83)96(87(84)63-72)89-61-69(57-58-93-89)92(4,5)6;/h7-61,64H,1-6H3;/q-2;/i7D,8D,9D,10D,11D,12D,13D,14D,15D,16D,17D,18D,19D,20D,21D,22D,23D,24D,28D,32D,36D,37D,38D,39D,40D,41D,42D,43D,44D,45D,46D,47D,48D,60D;. The number of para-hydroxylation sites is 2. The van der Waals surface area contributed by atoms with Crippen LogP contribution in [0.5, 0.6) is 11.5 Å².